The quantitative estimate of drug-likeness (QED) is 0.665. The van der Waals surface area contributed by atoms with Crippen LogP contribution in [0.2, 0.25) is 0 Å². The molecule has 0 unspecified atom stereocenters. The predicted molar refractivity (Wildman–Crippen MR) is 106 cm³/mol. The molecule has 1 N–H and O–H groups in total. The molecule has 0 saturated carbocycles. The molecule has 0 spiro atoms. The zero-order chi connectivity index (χ0) is 20.1. The van der Waals surface area contributed by atoms with E-state index < -0.39 is 9.84 Å². The van der Waals surface area contributed by atoms with Gasteiger partial charge in [0, 0.05) is 17.2 Å². The summed E-state index contributed by atoms with van der Waals surface area (Å²) in [4.78, 5) is 16.6. The highest BCUT2D eigenvalue weighted by Crippen LogP contribution is 2.26. The molecule has 0 aliphatic rings. The number of thiazole rings is 1. The van der Waals surface area contributed by atoms with E-state index in [0.717, 1.165) is 11.8 Å². The van der Waals surface area contributed by atoms with Gasteiger partial charge in [0.25, 0.3) is 5.91 Å². The van der Waals surface area contributed by atoms with Gasteiger partial charge in [-0.25, -0.2) is 13.4 Å². The molecular formula is C19H15N3O4S2. The maximum Gasteiger partial charge on any atom is 0.264 e. The lowest BCUT2D eigenvalue weighted by Gasteiger charge is -2.05. The normalized spacial score (nSPS) is 10.9. The number of carbonyl (C=O) groups is 1. The number of carbonyl (C=O) groups excluding carboxylic acids is 1. The summed E-state index contributed by atoms with van der Waals surface area (Å²) in [6.07, 6.45) is 1.15. The van der Waals surface area contributed by atoms with Gasteiger partial charge in [-0.05, 0) is 36.4 Å². The number of sulfone groups is 1. The topological polar surface area (TPSA) is 109 Å². The molecule has 2 aromatic carbocycles. The van der Waals surface area contributed by atoms with Crippen LogP contribution in [0.4, 0.5) is 5.13 Å². The van der Waals surface area contributed by atoms with Gasteiger partial charge < -0.3 is 4.74 Å². The monoisotopic (exact) mass is 413 g/mol. The van der Waals surface area contributed by atoms with E-state index in [1.54, 1.807) is 41.8 Å². The first-order valence-electron chi connectivity index (χ1n) is 8.04. The largest absolute Gasteiger partial charge is 0.484 e. The summed E-state index contributed by atoms with van der Waals surface area (Å²) in [6, 6.07) is 14.8. The van der Waals surface area contributed by atoms with Crippen LogP contribution in [0.5, 0.6) is 5.75 Å². The first-order valence-corrected chi connectivity index (χ1v) is 10.8. The van der Waals surface area contributed by atoms with Crippen molar-refractivity contribution in [3.8, 4) is 23.1 Å². The van der Waals surface area contributed by atoms with E-state index in [0.29, 0.717) is 22.1 Å². The minimum atomic E-state index is -3.25. The third-order valence-corrected chi connectivity index (χ3v) is 5.57. The molecule has 142 valence electrons. The Morgan fingerprint density at radius 2 is 1.86 bits per heavy atom. The smallest absolute Gasteiger partial charge is 0.264 e. The molecule has 0 saturated heterocycles. The molecular weight excluding hydrogens is 398 g/mol. The zero-order valence-electron chi connectivity index (χ0n) is 14.7. The number of hydrogen-bond acceptors (Lipinski definition) is 7. The number of anilines is 1. The van der Waals surface area contributed by atoms with Crippen LogP contribution in [-0.4, -0.2) is 32.2 Å². The molecule has 0 aliphatic carbocycles. The van der Waals surface area contributed by atoms with Crippen molar-refractivity contribution in [2.45, 2.75) is 4.90 Å². The molecule has 1 heterocycles. The van der Waals surface area contributed by atoms with Crippen molar-refractivity contribution >= 4 is 32.2 Å². The van der Waals surface area contributed by atoms with Crippen LogP contribution in [0.15, 0.2) is 58.8 Å². The second-order valence-electron chi connectivity index (χ2n) is 5.81. The Hall–Kier alpha value is -3.22. The minimum Gasteiger partial charge on any atom is -0.484 e. The number of nitriles is 1. The Balaban J connectivity index is 1.59. The van der Waals surface area contributed by atoms with E-state index in [1.165, 1.54) is 23.5 Å². The van der Waals surface area contributed by atoms with E-state index in [2.05, 4.69) is 10.3 Å². The molecule has 3 aromatic rings. The SMILES string of the molecule is CS(=O)(=O)c1ccc(-c2csc(NC(=O)COc3ccc(C#N)cc3)n2)cc1. The Labute approximate surface area is 166 Å². The molecule has 3 rings (SSSR count). The molecule has 7 nitrogen and oxygen atoms in total. The molecule has 0 bridgehead atoms. The molecule has 0 radical (unpaired) electrons. The van der Waals surface area contributed by atoms with Crippen molar-refractivity contribution in [2.24, 2.45) is 0 Å². The van der Waals surface area contributed by atoms with Gasteiger partial charge in [-0.15, -0.1) is 11.3 Å². The zero-order valence-corrected chi connectivity index (χ0v) is 16.4. The van der Waals surface area contributed by atoms with Crippen molar-refractivity contribution in [3.63, 3.8) is 0 Å². The van der Waals surface area contributed by atoms with Gasteiger partial charge in [0.05, 0.1) is 22.2 Å². The number of amides is 1. The van der Waals surface area contributed by atoms with Gasteiger partial charge in [0.15, 0.2) is 21.6 Å². The number of nitrogens with one attached hydrogen (secondary N) is 1. The highest BCUT2D eigenvalue weighted by Gasteiger charge is 2.11. The van der Waals surface area contributed by atoms with Crippen molar-refractivity contribution < 1.29 is 17.9 Å². The summed E-state index contributed by atoms with van der Waals surface area (Å²) in [6.45, 7) is -0.191. The van der Waals surface area contributed by atoms with Crippen LogP contribution in [0.25, 0.3) is 11.3 Å². The van der Waals surface area contributed by atoms with Crippen LogP contribution >= 0.6 is 11.3 Å². The summed E-state index contributed by atoms with van der Waals surface area (Å²) in [5.41, 5.74) is 1.89. The maximum atomic E-state index is 12.0. The number of aromatic nitrogens is 1. The van der Waals surface area contributed by atoms with Crippen molar-refractivity contribution in [1.82, 2.24) is 4.98 Å². The van der Waals surface area contributed by atoms with Crippen LogP contribution in [0.1, 0.15) is 5.56 Å². The number of benzene rings is 2. The molecule has 0 fully saturated rings. The number of ether oxygens (including phenoxy) is 1. The maximum absolute atomic E-state index is 12.0. The average Bonchev–Trinajstić information content (AvgIpc) is 3.14. The van der Waals surface area contributed by atoms with Crippen molar-refractivity contribution in [2.75, 3.05) is 18.2 Å². The third-order valence-electron chi connectivity index (χ3n) is 3.68. The third kappa shape index (κ3) is 4.94. The van der Waals surface area contributed by atoms with E-state index >= 15 is 0 Å². The summed E-state index contributed by atoms with van der Waals surface area (Å²) < 4.78 is 28.4. The van der Waals surface area contributed by atoms with Crippen LogP contribution in [-0.2, 0) is 14.6 Å². The average molecular weight is 413 g/mol. The van der Waals surface area contributed by atoms with E-state index in [-0.39, 0.29) is 17.4 Å². The number of rotatable bonds is 6. The fourth-order valence-electron chi connectivity index (χ4n) is 2.27. The van der Waals surface area contributed by atoms with Gasteiger partial charge in [-0.3, -0.25) is 10.1 Å². The van der Waals surface area contributed by atoms with E-state index in [9.17, 15) is 13.2 Å². The summed E-state index contributed by atoms with van der Waals surface area (Å²) >= 11 is 1.26. The fraction of sp³-hybridized carbons (Fsp3) is 0.105. The summed E-state index contributed by atoms with van der Waals surface area (Å²) in [5, 5.41) is 13.6. The Morgan fingerprint density at radius 1 is 1.18 bits per heavy atom. The molecule has 9 heteroatoms. The second kappa shape index (κ2) is 8.21. The molecule has 0 aliphatic heterocycles. The first kappa shape index (κ1) is 19.5. The van der Waals surface area contributed by atoms with Gasteiger partial charge >= 0.3 is 0 Å². The molecule has 0 atom stereocenters. The van der Waals surface area contributed by atoms with E-state index in [1.807, 2.05) is 6.07 Å². The summed E-state index contributed by atoms with van der Waals surface area (Å²) in [5.74, 6) is 0.123. The van der Waals surface area contributed by atoms with Crippen LogP contribution in [0.3, 0.4) is 0 Å². The highest BCUT2D eigenvalue weighted by molar-refractivity contribution is 7.90. The van der Waals surface area contributed by atoms with Gasteiger partial charge in [-0.2, -0.15) is 5.26 Å². The Morgan fingerprint density at radius 3 is 2.46 bits per heavy atom. The number of nitrogens with zero attached hydrogens (tertiary/aromatic N) is 2. The lowest BCUT2D eigenvalue weighted by atomic mass is 10.2. The van der Waals surface area contributed by atoms with Crippen LogP contribution < -0.4 is 10.1 Å². The summed E-state index contributed by atoms with van der Waals surface area (Å²) in [7, 11) is -3.25. The molecule has 28 heavy (non-hydrogen) atoms. The van der Waals surface area contributed by atoms with Crippen molar-refractivity contribution in [1.29, 1.82) is 5.26 Å². The molecule has 1 aromatic heterocycles. The van der Waals surface area contributed by atoms with Gasteiger partial charge in [0.1, 0.15) is 5.75 Å². The van der Waals surface area contributed by atoms with Gasteiger partial charge in [0.2, 0.25) is 0 Å². The predicted octanol–water partition coefficient (Wildman–Crippen LogP) is 3.10. The lowest BCUT2D eigenvalue weighted by Crippen LogP contribution is -2.20. The first-order chi connectivity index (χ1) is 13.3. The lowest BCUT2D eigenvalue weighted by molar-refractivity contribution is -0.118. The highest BCUT2D eigenvalue weighted by atomic mass is 32.2. The number of hydrogen-bond donors (Lipinski definition) is 1. The van der Waals surface area contributed by atoms with Crippen LogP contribution in [0, 0.1) is 11.3 Å². The van der Waals surface area contributed by atoms with E-state index in [4.69, 9.17) is 10.00 Å². The standard InChI is InChI=1S/C19H15N3O4S2/c1-28(24,25)16-8-4-14(5-9-16)17-12-27-19(21-17)22-18(23)11-26-15-6-2-13(10-20)3-7-15/h2-9,12H,11H2,1H3,(H,21,22,23). The Bertz CT molecular complexity index is 1130. The Kier molecular flexibility index (Phi) is 5.73. The fourth-order valence-corrected chi connectivity index (χ4v) is 3.63. The second-order valence-corrected chi connectivity index (χ2v) is 8.68. The van der Waals surface area contributed by atoms with Crippen molar-refractivity contribution in [3.05, 3.63) is 59.5 Å². The minimum absolute atomic E-state index is 0.191. The molecule has 1 amide bonds. The van der Waals surface area contributed by atoms with Gasteiger partial charge in [-0.1, -0.05) is 12.1 Å².